The molecule has 1 aromatic carbocycles. The Balaban J connectivity index is 2.20. The molecule has 1 atom stereocenters. The number of carboxylic acids is 1. The van der Waals surface area contributed by atoms with E-state index in [0.717, 1.165) is 5.56 Å². The number of methoxy groups -OCH3 is 1. The Morgan fingerprint density at radius 2 is 2.14 bits per heavy atom. The number of aliphatic carboxylic acids is 1. The van der Waals surface area contributed by atoms with Crippen LogP contribution in [-0.2, 0) is 4.79 Å². The Kier molecular flexibility index (Phi) is 4.45. The van der Waals surface area contributed by atoms with E-state index in [9.17, 15) is 9.59 Å². The fourth-order valence-electron chi connectivity index (χ4n) is 1.89. The van der Waals surface area contributed by atoms with Crippen molar-refractivity contribution >= 4 is 17.6 Å². The number of nitrogens with one attached hydrogen (secondary N) is 1. The van der Waals surface area contributed by atoms with Gasteiger partial charge in [0.05, 0.1) is 24.6 Å². The zero-order valence-corrected chi connectivity index (χ0v) is 12.5. The first kappa shape index (κ1) is 15.6. The van der Waals surface area contributed by atoms with Crippen LogP contribution in [0, 0.1) is 6.92 Å². The lowest BCUT2D eigenvalue weighted by Crippen LogP contribution is -2.16. The fourth-order valence-corrected chi connectivity index (χ4v) is 1.89. The van der Waals surface area contributed by atoms with Gasteiger partial charge in [-0.2, -0.15) is 5.10 Å². The Hall–Kier alpha value is -2.83. The zero-order valence-electron chi connectivity index (χ0n) is 12.5. The molecule has 0 spiro atoms. The van der Waals surface area contributed by atoms with Crippen LogP contribution in [0.25, 0.3) is 0 Å². The van der Waals surface area contributed by atoms with Crippen LogP contribution < -0.4 is 10.1 Å². The number of aromatic nitrogens is 2. The molecule has 0 aliphatic carbocycles. The van der Waals surface area contributed by atoms with Crippen LogP contribution in [-0.4, -0.2) is 33.9 Å². The summed E-state index contributed by atoms with van der Waals surface area (Å²) in [6.45, 7) is 3.39. The van der Waals surface area contributed by atoms with E-state index in [2.05, 4.69) is 10.4 Å². The molecule has 0 aliphatic heterocycles. The summed E-state index contributed by atoms with van der Waals surface area (Å²) in [5.41, 5.74) is 1.80. The van der Waals surface area contributed by atoms with Gasteiger partial charge in [-0.15, -0.1) is 0 Å². The van der Waals surface area contributed by atoms with Crippen molar-refractivity contribution in [3.63, 3.8) is 0 Å². The number of rotatable bonds is 5. The molecule has 0 bridgehead atoms. The molecule has 2 rings (SSSR count). The van der Waals surface area contributed by atoms with Crippen molar-refractivity contribution in [2.75, 3.05) is 12.4 Å². The first-order chi connectivity index (χ1) is 10.4. The minimum absolute atomic E-state index is 0.275. The summed E-state index contributed by atoms with van der Waals surface area (Å²) in [6, 6.07) is 4.60. The summed E-state index contributed by atoms with van der Waals surface area (Å²) in [7, 11) is 1.52. The minimum atomic E-state index is -1.02. The van der Waals surface area contributed by atoms with Gasteiger partial charge >= 0.3 is 5.97 Å². The number of nitrogens with zero attached hydrogens (tertiary/aromatic N) is 2. The van der Waals surface area contributed by atoms with Crippen LogP contribution in [0.1, 0.15) is 28.9 Å². The highest BCUT2D eigenvalue weighted by molar-refractivity contribution is 6.04. The maximum absolute atomic E-state index is 12.2. The van der Waals surface area contributed by atoms with Gasteiger partial charge in [0.25, 0.3) is 5.91 Å². The number of anilines is 1. The van der Waals surface area contributed by atoms with Gasteiger partial charge in [-0.25, -0.2) is 4.79 Å². The molecule has 1 amide bonds. The van der Waals surface area contributed by atoms with E-state index in [4.69, 9.17) is 9.84 Å². The summed E-state index contributed by atoms with van der Waals surface area (Å²) in [4.78, 5) is 23.1. The van der Waals surface area contributed by atoms with E-state index in [-0.39, 0.29) is 11.5 Å². The van der Waals surface area contributed by atoms with E-state index in [1.54, 1.807) is 12.1 Å². The summed E-state index contributed by atoms with van der Waals surface area (Å²) < 4.78 is 6.43. The molecule has 1 unspecified atom stereocenters. The number of hydrogen-bond donors (Lipinski definition) is 2. The van der Waals surface area contributed by atoms with Crippen LogP contribution in [0.5, 0.6) is 5.75 Å². The molecule has 1 aromatic heterocycles. The highest BCUT2D eigenvalue weighted by atomic mass is 16.5. The Morgan fingerprint density at radius 1 is 1.41 bits per heavy atom. The first-order valence-electron chi connectivity index (χ1n) is 6.65. The van der Waals surface area contributed by atoms with Crippen molar-refractivity contribution in [1.82, 2.24) is 9.78 Å². The summed E-state index contributed by atoms with van der Waals surface area (Å²) >= 11 is 0. The zero-order chi connectivity index (χ0) is 16.3. The minimum Gasteiger partial charge on any atom is -0.495 e. The lowest BCUT2D eigenvalue weighted by molar-refractivity contribution is -0.140. The maximum atomic E-state index is 12.2. The highest BCUT2D eigenvalue weighted by Crippen LogP contribution is 2.25. The molecule has 0 saturated carbocycles. The number of carbonyl (C=O) groups is 2. The van der Waals surface area contributed by atoms with Crippen LogP contribution in [0.4, 0.5) is 5.69 Å². The highest BCUT2D eigenvalue weighted by Gasteiger charge is 2.17. The van der Waals surface area contributed by atoms with E-state index in [1.807, 2.05) is 13.0 Å². The predicted molar refractivity (Wildman–Crippen MR) is 80.3 cm³/mol. The number of benzene rings is 1. The predicted octanol–water partition coefficient (Wildman–Crippen LogP) is 2.10. The molecular weight excluding hydrogens is 286 g/mol. The molecule has 0 radical (unpaired) electrons. The average molecular weight is 303 g/mol. The Bertz CT molecular complexity index is 709. The number of hydrogen-bond acceptors (Lipinski definition) is 4. The molecule has 22 heavy (non-hydrogen) atoms. The number of ether oxygens (including phenoxy) is 1. The van der Waals surface area contributed by atoms with Gasteiger partial charge in [0.2, 0.25) is 0 Å². The third-order valence-electron chi connectivity index (χ3n) is 3.22. The van der Waals surface area contributed by atoms with Crippen LogP contribution in [0.3, 0.4) is 0 Å². The quantitative estimate of drug-likeness (QED) is 0.882. The van der Waals surface area contributed by atoms with Crippen LogP contribution in [0.15, 0.2) is 30.6 Å². The molecule has 1 heterocycles. The Labute approximate surface area is 127 Å². The smallest absolute Gasteiger partial charge is 0.328 e. The van der Waals surface area contributed by atoms with E-state index in [1.165, 1.54) is 31.1 Å². The molecule has 116 valence electrons. The van der Waals surface area contributed by atoms with Gasteiger partial charge in [-0.3, -0.25) is 9.48 Å². The van der Waals surface area contributed by atoms with Crippen molar-refractivity contribution in [1.29, 1.82) is 0 Å². The normalized spacial score (nSPS) is 11.8. The second-order valence-electron chi connectivity index (χ2n) is 4.88. The summed E-state index contributed by atoms with van der Waals surface area (Å²) in [5.74, 6) is -0.853. The van der Waals surface area contributed by atoms with Crippen molar-refractivity contribution in [2.24, 2.45) is 0 Å². The molecule has 0 fully saturated rings. The number of carboxylic acid groups (broad SMARTS) is 1. The van der Waals surface area contributed by atoms with Gasteiger partial charge in [-0.05, 0) is 31.5 Å². The van der Waals surface area contributed by atoms with Crippen LogP contribution in [0.2, 0.25) is 0 Å². The van der Waals surface area contributed by atoms with Crippen molar-refractivity contribution < 1.29 is 19.4 Å². The molecule has 7 heteroatoms. The van der Waals surface area contributed by atoms with Gasteiger partial charge in [0, 0.05) is 6.20 Å². The molecule has 0 saturated heterocycles. The second kappa shape index (κ2) is 6.30. The van der Waals surface area contributed by atoms with Gasteiger partial charge in [0.1, 0.15) is 11.8 Å². The number of amides is 1. The summed E-state index contributed by atoms with van der Waals surface area (Å²) in [5, 5.41) is 15.6. The maximum Gasteiger partial charge on any atom is 0.328 e. The standard InChI is InChI=1S/C15H17N3O4/c1-9-4-5-13(22-3)12(6-9)17-14(19)11-7-16-18(8-11)10(2)15(20)21/h4-8,10H,1-3H3,(H,17,19)(H,20,21). The lowest BCUT2D eigenvalue weighted by Gasteiger charge is -2.10. The number of aryl methyl sites for hydroxylation is 1. The summed E-state index contributed by atoms with van der Waals surface area (Å²) in [6.07, 6.45) is 2.73. The first-order valence-corrected chi connectivity index (χ1v) is 6.65. The van der Waals surface area contributed by atoms with Gasteiger partial charge in [-0.1, -0.05) is 6.07 Å². The topological polar surface area (TPSA) is 93.5 Å². The third kappa shape index (κ3) is 3.25. The Morgan fingerprint density at radius 3 is 2.77 bits per heavy atom. The van der Waals surface area contributed by atoms with Crippen molar-refractivity contribution in [3.05, 3.63) is 41.7 Å². The van der Waals surface area contributed by atoms with Crippen LogP contribution >= 0.6 is 0 Å². The molecule has 0 aliphatic rings. The number of carbonyl (C=O) groups excluding carboxylic acids is 1. The van der Waals surface area contributed by atoms with Crippen molar-refractivity contribution in [3.8, 4) is 5.75 Å². The second-order valence-corrected chi connectivity index (χ2v) is 4.88. The molecule has 2 aromatic rings. The monoisotopic (exact) mass is 303 g/mol. The lowest BCUT2D eigenvalue weighted by atomic mass is 10.2. The van der Waals surface area contributed by atoms with Gasteiger partial charge < -0.3 is 15.2 Å². The van der Waals surface area contributed by atoms with E-state index >= 15 is 0 Å². The van der Waals surface area contributed by atoms with E-state index in [0.29, 0.717) is 11.4 Å². The SMILES string of the molecule is COc1ccc(C)cc1NC(=O)c1cnn(C(C)C(=O)O)c1. The van der Waals surface area contributed by atoms with Crippen molar-refractivity contribution in [2.45, 2.75) is 19.9 Å². The molecular formula is C15H17N3O4. The largest absolute Gasteiger partial charge is 0.495 e. The fraction of sp³-hybridized carbons (Fsp3) is 0.267. The molecule has 7 nitrogen and oxygen atoms in total. The average Bonchev–Trinajstić information content (AvgIpc) is 2.96. The van der Waals surface area contributed by atoms with E-state index < -0.39 is 12.0 Å². The molecule has 2 N–H and O–H groups in total. The van der Waals surface area contributed by atoms with Gasteiger partial charge in [0.15, 0.2) is 0 Å². The third-order valence-corrected chi connectivity index (χ3v) is 3.22.